The topological polar surface area (TPSA) is 29.5 Å². The van der Waals surface area contributed by atoms with E-state index in [1.54, 1.807) is 6.07 Å². The zero-order valence-corrected chi connectivity index (χ0v) is 8.44. The van der Waals surface area contributed by atoms with Crippen LogP contribution in [0.1, 0.15) is 18.4 Å². The predicted molar refractivity (Wildman–Crippen MR) is 51.1 cm³/mol. The van der Waals surface area contributed by atoms with Crippen molar-refractivity contribution in [2.75, 3.05) is 7.11 Å². The Bertz CT molecular complexity index is 375. The fourth-order valence-corrected chi connectivity index (χ4v) is 1.66. The van der Waals surface area contributed by atoms with Crippen molar-refractivity contribution in [3.05, 3.63) is 28.5 Å². The normalized spacial score (nSPS) is 18.0. The van der Waals surface area contributed by atoms with E-state index < -0.39 is 11.4 Å². The highest BCUT2D eigenvalue weighted by Gasteiger charge is 2.46. The van der Waals surface area contributed by atoms with Crippen LogP contribution in [0.4, 0.5) is 4.39 Å². The first-order valence-corrected chi connectivity index (χ1v) is 4.71. The Balaban J connectivity index is 2.59. The molecule has 1 aliphatic carbocycles. The van der Waals surface area contributed by atoms with E-state index in [2.05, 4.69) is 0 Å². The summed E-state index contributed by atoms with van der Waals surface area (Å²) in [5.74, 6) is -0.224. The Kier molecular flexibility index (Phi) is 2.16. The molecular weight excluding hydrogens is 207 g/mol. The molecule has 0 heterocycles. The first-order chi connectivity index (χ1) is 6.58. The van der Waals surface area contributed by atoms with Gasteiger partial charge in [-0.25, -0.2) is 4.39 Å². The van der Waals surface area contributed by atoms with Gasteiger partial charge in [0.1, 0.15) is 5.75 Å². The van der Waals surface area contributed by atoms with Gasteiger partial charge >= 0.3 is 0 Å². The molecular formula is C10H10ClFO2. The minimum absolute atomic E-state index is 0.0149. The quantitative estimate of drug-likeness (QED) is 0.823. The Labute approximate surface area is 86.3 Å². The summed E-state index contributed by atoms with van der Waals surface area (Å²) in [5.41, 5.74) is -0.882. The van der Waals surface area contributed by atoms with Crippen molar-refractivity contribution >= 4 is 11.6 Å². The molecule has 0 bridgehead atoms. The molecule has 0 atom stereocenters. The minimum atomic E-state index is -1.07. The molecule has 1 aliphatic rings. The Morgan fingerprint density at radius 2 is 2.14 bits per heavy atom. The fourth-order valence-electron chi connectivity index (χ4n) is 1.51. The molecule has 1 fully saturated rings. The van der Waals surface area contributed by atoms with Crippen LogP contribution < -0.4 is 4.74 Å². The van der Waals surface area contributed by atoms with Crippen molar-refractivity contribution in [3.63, 3.8) is 0 Å². The Morgan fingerprint density at radius 3 is 2.64 bits per heavy atom. The van der Waals surface area contributed by atoms with E-state index >= 15 is 0 Å². The van der Waals surface area contributed by atoms with Crippen LogP contribution >= 0.6 is 11.6 Å². The van der Waals surface area contributed by atoms with Gasteiger partial charge in [-0.05, 0) is 25.0 Å². The molecule has 0 aromatic heterocycles. The number of hydrogen-bond donors (Lipinski definition) is 1. The van der Waals surface area contributed by atoms with E-state index in [-0.39, 0.29) is 10.6 Å². The number of ether oxygens (including phenoxy) is 1. The van der Waals surface area contributed by atoms with Gasteiger partial charge in [-0.15, -0.1) is 0 Å². The molecule has 4 heteroatoms. The summed E-state index contributed by atoms with van der Waals surface area (Å²) >= 11 is 5.63. The maximum Gasteiger partial charge on any atom is 0.151 e. The number of methoxy groups -OCH3 is 1. The van der Waals surface area contributed by atoms with Gasteiger partial charge in [-0.1, -0.05) is 11.6 Å². The van der Waals surface area contributed by atoms with Crippen LogP contribution in [-0.2, 0) is 5.60 Å². The second-order valence-electron chi connectivity index (χ2n) is 3.47. The van der Waals surface area contributed by atoms with E-state index in [1.165, 1.54) is 13.2 Å². The summed E-state index contributed by atoms with van der Waals surface area (Å²) < 4.78 is 18.6. The number of hydrogen-bond acceptors (Lipinski definition) is 2. The summed E-state index contributed by atoms with van der Waals surface area (Å²) in [4.78, 5) is 0. The monoisotopic (exact) mass is 216 g/mol. The highest BCUT2D eigenvalue weighted by atomic mass is 35.5. The van der Waals surface area contributed by atoms with E-state index in [4.69, 9.17) is 16.3 Å². The Hall–Kier alpha value is -0.800. The van der Waals surface area contributed by atoms with Gasteiger partial charge in [-0.2, -0.15) is 0 Å². The van der Waals surface area contributed by atoms with Crippen molar-refractivity contribution < 1.29 is 14.2 Å². The molecule has 1 aromatic carbocycles. The van der Waals surface area contributed by atoms with Crippen LogP contribution in [0.3, 0.4) is 0 Å². The largest absolute Gasteiger partial charge is 0.496 e. The van der Waals surface area contributed by atoms with Crippen molar-refractivity contribution in [2.45, 2.75) is 18.4 Å². The highest BCUT2D eigenvalue weighted by molar-refractivity contribution is 6.30. The molecule has 1 aromatic rings. The highest BCUT2D eigenvalue weighted by Crippen LogP contribution is 2.50. The summed E-state index contributed by atoms with van der Waals surface area (Å²) in [6, 6.07) is 2.99. The number of rotatable bonds is 2. The van der Waals surface area contributed by atoms with E-state index in [9.17, 15) is 9.50 Å². The Morgan fingerprint density at radius 1 is 1.50 bits per heavy atom. The molecule has 0 saturated heterocycles. The molecule has 0 unspecified atom stereocenters. The van der Waals surface area contributed by atoms with Gasteiger partial charge in [0, 0.05) is 0 Å². The van der Waals surface area contributed by atoms with Crippen molar-refractivity contribution in [3.8, 4) is 5.75 Å². The third kappa shape index (κ3) is 1.37. The predicted octanol–water partition coefficient (Wildman–Crippen LogP) is 2.47. The number of aliphatic hydroxyl groups is 1. The molecule has 0 spiro atoms. The lowest BCUT2D eigenvalue weighted by molar-refractivity contribution is 0.142. The van der Waals surface area contributed by atoms with Crippen molar-refractivity contribution in [1.29, 1.82) is 0 Å². The molecule has 0 aliphatic heterocycles. The smallest absolute Gasteiger partial charge is 0.151 e. The molecule has 76 valence electrons. The first-order valence-electron chi connectivity index (χ1n) is 4.33. The third-order valence-corrected chi connectivity index (χ3v) is 2.76. The van der Waals surface area contributed by atoms with Gasteiger partial charge in [0.25, 0.3) is 0 Å². The summed E-state index contributed by atoms with van der Waals surface area (Å²) in [6.07, 6.45) is 1.11. The maximum atomic E-state index is 13.6. The SMILES string of the molecule is COc1ccc(Cl)c(F)c1C1(O)CC1. The second-order valence-corrected chi connectivity index (χ2v) is 3.88. The van der Waals surface area contributed by atoms with Crippen LogP contribution in [0.15, 0.2) is 12.1 Å². The molecule has 2 rings (SSSR count). The van der Waals surface area contributed by atoms with Crippen LogP contribution in [-0.4, -0.2) is 12.2 Å². The molecule has 1 saturated carbocycles. The lowest BCUT2D eigenvalue weighted by Crippen LogP contribution is -2.10. The molecule has 14 heavy (non-hydrogen) atoms. The van der Waals surface area contributed by atoms with E-state index in [0.717, 1.165) is 0 Å². The van der Waals surface area contributed by atoms with E-state index in [0.29, 0.717) is 18.6 Å². The zero-order chi connectivity index (χ0) is 10.3. The molecule has 2 nitrogen and oxygen atoms in total. The fraction of sp³-hybridized carbons (Fsp3) is 0.400. The van der Waals surface area contributed by atoms with Crippen molar-refractivity contribution in [2.24, 2.45) is 0 Å². The summed E-state index contributed by atoms with van der Waals surface area (Å²) in [6.45, 7) is 0. The van der Waals surface area contributed by atoms with Gasteiger partial charge in [-0.3, -0.25) is 0 Å². The molecule has 1 N–H and O–H groups in total. The lowest BCUT2D eigenvalue weighted by Gasteiger charge is -2.14. The maximum absolute atomic E-state index is 13.6. The molecule has 0 radical (unpaired) electrons. The van der Waals surface area contributed by atoms with Crippen molar-refractivity contribution in [1.82, 2.24) is 0 Å². The number of benzene rings is 1. The van der Waals surface area contributed by atoms with E-state index in [1.807, 2.05) is 0 Å². The van der Waals surface area contributed by atoms with Gasteiger partial charge in [0.2, 0.25) is 0 Å². The minimum Gasteiger partial charge on any atom is -0.496 e. The van der Waals surface area contributed by atoms with Gasteiger partial charge in [0.15, 0.2) is 5.82 Å². The second kappa shape index (κ2) is 3.11. The van der Waals surface area contributed by atoms with Crippen LogP contribution in [0.2, 0.25) is 5.02 Å². The van der Waals surface area contributed by atoms with Crippen LogP contribution in [0.25, 0.3) is 0 Å². The average molecular weight is 217 g/mol. The first kappa shape index (κ1) is 9.74. The van der Waals surface area contributed by atoms with Crippen LogP contribution in [0, 0.1) is 5.82 Å². The third-order valence-electron chi connectivity index (χ3n) is 2.47. The lowest BCUT2D eigenvalue weighted by atomic mass is 10.1. The van der Waals surface area contributed by atoms with Crippen LogP contribution in [0.5, 0.6) is 5.75 Å². The zero-order valence-electron chi connectivity index (χ0n) is 7.68. The summed E-state index contributed by atoms with van der Waals surface area (Å²) in [7, 11) is 1.44. The van der Waals surface area contributed by atoms with Gasteiger partial charge < -0.3 is 9.84 Å². The molecule has 0 amide bonds. The average Bonchev–Trinajstić information content (AvgIpc) is 2.89. The van der Waals surface area contributed by atoms with Gasteiger partial charge in [0.05, 0.1) is 23.3 Å². The summed E-state index contributed by atoms with van der Waals surface area (Å²) in [5, 5.41) is 9.85. The number of halogens is 2. The standard InChI is InChI=1S/C10H10ClFO2/c1-14-7-3-2-6(11)9(12)8(7)10(13)4-5-10/h2-3,13H,4-5H2,1H3.